The molecule has 4 atom stereocenters. The van der Waals surface area contributed by atoms with E-state index in [1.165, 1.54) is 19.3 Å². The van der Waals surface area contributed by atoms with Crippen LogP contribution in [0.1, 0.15) is 44.7 Å². The van der Waals surface area contributed by atoms with Crippen LogP contribution >= 0.6 is 0 Å². The fraction of sp³-hybridized carbons (Fsp3) is 0.647. The smallest absolute Gasteiger partial charge is 0.122 e. The molecule has 0 saturated heterocycles. The molecular formula is C17H28N2O2. The Kier molecular flexibility index (Phi) is 5.48. The Balaban J connectivity index is 2.24. The molecule has 0 aromatic heterocycles. The zero-order valence-electron chi connectivity index (χ0n) is 13.6. The summed E-state index contributed by atoms with van der Waals surface area (Å²) in [6.07, 6.45) is 3.68. The van der Waals surface area contributed by atoms with E-state index >= 15 is 0 Å². The minimum Gasteiger partial charge on any atom is -0.497 e. The van der Waals surface area contributed by atoms with Gasteiger partial charge in [-0.05, 0) is 48.3 Å². The van der Waals surface area contributed by atoms with Crippen LogP contribution in [0, 0.1) is 17.8 Å². The highest BCUT2D eigenvalue weighted by atomic mass is 16.5. The van der Waals surface area contributed by atoms with Crippen LogP contribution in [0.2, 0.25) is 0 Å². The van der Waals surface area contributed by atoms with Gasteiger partial charge in [0.1, 0.15) is 11.5 Å². The van der Waals surface area contributed by atoms with Crippen LogP contribution in [0.3, 0.4) is 0 Å². The summed E-state index contributed by atoms with van der Waals surface area (Å²) in [6, 6.07) is 6.14. The molecule has 4 unspecified atom stereocenters. The van der Waals surface area contributed by atoms with Gasteiger partial charge in [-0.25, -0.2) is 0 Å². The molecule has 0 spiro atoms. The van der Waals surface area contributed by atoms with E-state index in [0.717, 1.165) is 28.9 Å². The van der Waals surface area contributed by atoms with E-state index in [2.05, 4.69) is 31.4 Å². The summed E-state index contributed by atoms with van der Waals surface area (Å²) in [6.45, 7) is 4.69. The van der Waals surface area contributed by atoms with E-state index in [0.29, 0.717) is 5.92 Å². The van der Waals surface area contributed by atoms with Crippen molar-refractivity contribution < 1.29 is 9.47 Å². The predicted octanol–water partition coefficient (Wildman–Crippen LogP) is 3.28. The van der Waals surface area contributed by atoms with Crippen LogP contribution in [0.15, 0.2) is 18.2 Å². The highest BCUT2D eigenvalue weighted by Gasteiger charge is 2.31. The van der Waals surface area contributed by atoms with Crippen molar-refractivity contribution in [1.29, 1.82) is 0 Å². The summed E-state index contributed by atoms with van der Waals surface area (Å²) >= 11 is 0. The summed E-state index contributed by atoms with van der Waals surface area (Å²) in [5.74, 6) is 9.58. The van der Waals surface area contributed by atoms with Crippen molar-refractivity contribution in [2.75, 3.05) is 14.2 Å². The third-order valence-electron chi connectivity index (χ3n) is 5.02. The fourth-order valence-electron chi connectivity index (χ4n) is 3.41. The Morgan fingerprint density at radius 2 is 1.67 bits per heavy atom. The van der Waals surface area contributed by atoms with E-state index in [4.69, 9.17) is 15.3 Å². The normalized spacial score (nSPS) is 27.2. The van der Waals surface area contributed by atoms with Crippen molar-refractivity contribution in [2.45, 2.75) is 39.2 Å². The third-order valence-corrected chi connectivity index (χ3v) is 5.02. The molecule has 0 amide bonds. The number of nitrogens with two attached hydrogens (primary N) is 1. The minimum atomic E-state index is 0.143. The van der Waals surface area contributed by atoms with Gasteiger partial charge in [0.2, 0.25) is 0 Å². The van der Waals surface area contributed by atoms with Gasteiger partial charge < -0.3 is 9.47 Å². The van der Waals surface area contributed by atoms with Crippen LogP contribution in [0.4, 0.5) is 0 Å². The van der Waals surface area contributed by atoms with Gasteiger partial charge in [-0.3, -0.25) is 11.3 Å². The van der Waals surface area contributed by atoms with E-state index < -0.39 is 0 Å². The Morgan fingerprint density at radius 1 is 1.05 bits per heavy atom. The van der Waals surface area contributed by atoms with E-state index in [-0.39, 0.29) is 6.04 Å². The molecule has 0 aliphatic heterocycles. The van der Waals surface area contributed by atoms with Gasteiger partial charge in [0.25, 0.3) is 0 Å². The standard InChI is InChI=1S/C17H28N2O2/c1-11-5-6-13(7-12(11)2)17(19-18)14-8-15(20-3)10-16(9-14)21-4/h8-13,17,19H,5-7,18H2,1-4H3. The topological polar surface area (TPSA) is 56.5 Å². The molecule has 1 fully saturated rings. The lowest BCUT2D eigenvalue weighted by molar-refractivity contribution is 0.171. The van der Waals surface area contributed by atoms with E-state index in [1.807, 2.05) is 6.07 Å². The first-order valence-corrected chi connectivity index (χ1v) is 7.78. The monoisotopic (exact) mass is 292 g/mol. The number of hydrogen-bond acceptors (Lipinski definition) is 4. The molecular weight excluding hydrogens is 264 g/mol. The average Bonchev–Trinajstić information content (AvgIpc) is 2.51. The molecule has 0 heterocycles. The Labute approximate surface area is 128 Å². The van der Waals surface area contributed by atoms with Crippen molar-refractivity contribution in [3.63, 3.8) is 0 Å². The largest absolute Gasteiger partial charge is 0.497 e. The van der Waals surface area contributed by atoms with Crippen LogP contribution in [0.25, 0.3) is 0 Å². The maximum atomic E-state index is 5.87. The van der Waals surface area contributed by atoms with Crippen LogP contribution in [-0.4, -0.2) is 14.2 Å². The first-order chi connectivity index (χ1) is 10.1. The Hall–Kier alpha value is -1.26. The van der Waals surface area contributed by atoms with E-state index in [9.17, 15) is 0 Å². The van der Waals surface area contributed by atoms with Crippen molar-refractivity contribution in [2.24, 2.45) is 23.6 Å². The maximum absolute atomic E-state index is 5.87. The Morgan fingerprint density at radius 3 is 2.14 bits per heavy atom. The van der Waals surface area contributed by atoms with Crippen LogP contribution < -0.4 is 20.7 Å². The summed E-state index contributed by atoms with van der Waals surface area (Å²) in [4.78, 5) is 0. The first kappa shape index (κ1) is 16.1. The van der Waals surface area contributed by atoms with Crippen molar-refractivity contribution >= 4 is 0 Å². The average molecular weight is 292 g/mol. The highest BCUT2D eigenvalue weighted by Crippen LogP contribution is 2.40. The lowest BCUT2D eigenvalue weighted by atomic mass is 9.72. The zero-order chi connectivity index (χ0) is 15.4. The number of nitrogens with one attached hydrogen (secondary N) is 1. The second kappa shape index (κ2) is 7.14. The molecule has 1 aromatic rings. The predicted molar refractivity (Wildman–Crippen MR) is 85.3 cm³/mol. The highest BCUT2D eigenvalue weighted by molar-refractivity contribution is 5.40. The third kappa shape index (κ3) is 3.69. The quantitative estimate of drug-likeness (QED) is 0.646. The van der Waals surface area contributed by atoms with Gasteiger partial charge in [-0.2, -0.15) is 0 Å². The number of ether oxygens (including phenoxy) is 2. The van der Waals surface area contributed by atoms with Crippen molar-refractivity contribution in [1.82, 2.24) is 5.43 Å². The lowest BCUT2D eigenvalue weighted by Crippen LogP contribution is -2.36. The summed E-state index contributed by atoms with van der Waals surface area (Å²) in [5, 5.41) is 0. The number of hydrazine groups is 1. The summed E-state index contributed by atoms with van der Waals surface area (Å²) in [5.41, 5.74) is 4.15. The molecule has 1 saturated carbocycles. The molecule has 21 heavy (non-hydrogen) atoms. The molecule has 1 aromatic carbocycles. The molecule has 118 valence electrons. The second-order valence-corrected chi connectivity index (χ2v) is 6.32. The summed E-state index contributed by atoms with van der Waals surface area (Å²) < 4.78 is 10.7. The molecule has 4 nitrogen and oxygen atoms in total. The zero-order valence-corrected chi connectivity index (χ0v) is 13.6. The van der Waals surface area contributed by atoms with Gasteiger partial charge in [-0.1, -0.05) is 20.3 Å². The van der Waals surface area contributed by atoms with Crippen molar-refractivity contribution in [3.05, 3.63) is 23.8 Å². The molecule has 0 radical (unpaired) electrons. The second-order valence-electron chi connectivity index (χ2n) is 6.32. The molecule has 1 aliphatic rings. The molecule has 3 N–H and O–H groups in total. The van der Waals surface area contributed by atoms with Crippen LogP contribution in [0.5, 0.6) is 11.5 Å². The Bertz CT molecular complexity index is 442. The molecule has 4 heteroatoms. The maximum Gasteiger partial charge on any atom is 0.122 e. The number of methoxy groups -OCH3 is 2. The SMILES string of the molecule is COc1cc(OC)cc(C(NN)C2CCC(C)C(C)C2)c1. The van der Waals surface area contributed by atoms with Gasteiger partial charge in [0.05, 0.1) is 14.2 Å². The van der Waals surface area contributed by atoms with Gasteiger partial charge in [0.15, 0.2) is 0 Å². The summed E-state index contributed by atoms with van der Waals surface area (Å²) in [7, 11) is 3.35. The lowest BCUT2D eigenvalue weighted by Gasteiger charge is -2.36. The van der Waals surface area contributed by atoms with Gasteiger partial charge >= 0.3 is 0 Å². The van der Waals surface area contributed by atoms with Crippen molar-refractivity contribution in [3.8, 4) is 11.5 Å². The molecule has 2 rings (SSSR count). The number of hydrogen-bond donors (Lipinski definition) is 2. The minimum absolute atomic E-state index is 0.143. The van der Waals surface area contributed by atoms with Gasteiger partial charge in [-0.15, -0.1) is 0 Å². The number of benzene rings is 1. The number of rotatable bonds is 5. The molecule has 0 bridgehead atoms. The van der Waals surface area contributed by atoms with E-state index in [1.54, 1.807) is 14.2 Å². The first-order valence-electron chi connectivity index (χ1n) is 7.78. The molecule has 1 aliphatic carbocycles. The van der Waals surface area contributed by atoms with Gasteiger partial charge in [0, 0.05) is 12.1 Å². The fourth-order valence-corrected chi connectivity index (χ4v) is 3.41. The van der Waals surface area contributed by atoms with Crippen LogP contribution in [-0.2, 0) is 0 Å².